The number of thiocarbonyl (C=S) groups is 1. The van der Waals surface area contributed by atoms with Crippen LogP contribution < -0.4 is 17.0 Å². The molecule has 5 nitrogen and oxygen atoms in total. The maximum Gasteiger partial charge on any atom is 0.287 e. The lowest BCUT2D eigenvalue weighted by Gasteiger charge is -1.85. The van der Waals surface area contributed by atoms with Crippen LogP contribution in [0.3, 0.4) is 0 Å². The summed E-state index contributed by atoms with van der Waals surface area (Å²) >= 11 is 4.24. The highest BCUT2D eigenvalue weighted by Gasteiger charge is 1.97. The molecule has 1 heterocycles. The van der Waals surface area contributed by atoms with Gasteiger partial charge in [-0.05, 0) is 24.4 Å². The standard InChI is InChI=1S/C7H5FN2.CH5N3S/c8-7-9-5-3-1-2-4-6(5)10-7;2-1(5)4-3/h1-4H,(H,9,10);3H2,(H3,2,4,5). The number of H-pyrrole nitrogens is 1. The van der Waals surface area contributed by atoms with Crippen molar-refractivity contribution in [1.82, 2.24) is 15.4 Å². The smallest absolute Gasteiger partial charge is 0.287 e. The van der Waals surface area contributed by atoms with Gasteiger partial charge in [-0.1, -0.05) is 12.1 Å². The van der Waals surface area contributed by atoms with E-state index in [9.17, 15) is 4.39 Å². The fraction of sp³-hybridized carbons (Fsp3) is 0. The molecule has 2 aromatic rings. The van der Waals surface area contributed by atoms with E-state index in [0.29, 0.717) is 5.52 Å². The molecular formula is C8H10FN5S. The van der Waals surface area contributed by atoms with Crippen LogP contribution in [0.4, 0.5) is 4.39 Å². The molecule has 0 unspecified atom stereocenters. The number of rotatable bonds is 0. The van der Waals surface area contributed by atoms with Gasteiger partial charge in [0, 0.05) is 0 Å². The van der Waals surface area contributed by atoms with Crippen LogP contribution in [0.25, 0.3) is 11.0 Å². The molecule has 0 saturated carbocycles. The van der Waals surface area contributed by atoms with Crippen LogP contribution in [0.1, 0.15) is 0 Å². The third-order valence-electron chi connectivity index (χ3n) is 1.50. The lowest BCUT2D eigenvalue weighted by molar-refractivity contribution is 0.556. The zero-order valence-electron chi connectivity index (χ0n) is 7.70. The van der Waals surface area contributed by atoms with Crippen molar-refractivity contribution in [2.45, 2.75) is 0 Å². The van der Waals surface area contributed by atoms with Crippen molar-refractivity contribution in [1.29, 1.82) is 0 Å². The van der Waals surface area contributed by atoms with Gasteiger partial charge in [-0.15, -0.1) is 0 Å². The lowest BCUT2D eigenvalue weighted by Crippen LogP contribution is -2.34. The van der Waals surface area contributed by atoms with Crippen molar-refractivity contribution in [2.24, 2.45) is 11.6 Å². The van der Waals surface area contributed by atoms with Crippen molar-refractivity contribution in [3.05, 3.63) is 30.3 Å². The molecule has 2 rings (SSSR count). The van der Waals surface area contributed by atoms with Gasteiger partial charge >= 0.3 is 0 Å². The van der Waals surface area contributed by atoms with E-state index < -0.39 is 6.08 Å². The van der Waals surface area contributed by atoms with E-state index in [1.807, 2.05) is 17.6 Å². The number of nitrogens with zero attached hydrogens (tertiary/aromatic N) is 1. The number of imidazole rings is 1. The first kappa shape index (κ1) is 11.3. The van der Waals surface area contributed by atoms with Crippen LogP contribution in [-0.2, 0) is 0 Å². The Hall–Kier alpha value is -1.73. The Morgan fingerprint density at radius 1 is 1.47 bits per heavy atom. The number of halogens is 1. The van der Waals surface area contributed by atoms with Gasteiger partial charge in [-0.3, -0.25) is 0 Å². The second-order valence-corrected chi connectivity index (χ2v) is 2.99. The highest BCUT2D eigenvalue weighted by Crippen LogP contribution is 2.08. The van der Waals surface area contributed by atoms with Gasteiger partial charge in [0.05, 0.1) is 11.0 Å². The number of nitrogens with one attached hydrogen (secondary N) is 2. The van der Waals surface area contributed by atoms with Crippen LogP contribution in [0.5, 0.6) is 0 Å². The molecule has 6 N–H and O–H groups in total. The zero-order chi connectivity index (χ0) is 11.3. The third-order valence-corrected chi connectivity index (χ3v) is 1.62. The molecule has 1 aromatic carbocycles. The second kappa shape index (κ2) is 5.23. The van der Waals surface area contributed by atoms with Crippen LogP contribution in [0.2, 0.25) is 0 Å². The van der Waals surface area contributed by atoms with Crippen LogP contribution in [0.15, 0.2) is 24.3 Å². The molecule has 0 radical (unpaired) electrons. The lowest BCUT2D eigenvalue weighted by atomic mass is 10.3. The van der Waals surface area contributed by atoms with Gasteiger partial charge in [0.15, 0.2) is 5.11 Å². The second-order valence-electron chi connectivity index (χ2n) is 2.55. The van der Waals surface area contributed by atoms with E-state index in [1.165, 1.54) is 0 Å². The summed E-state index contributed by atoms with van der Waals surface area (Å²) in [5.41, 5.74) is 8.23. The number of fused-ring (bicyclic) bond motifs is 1. The fourth-order valence-corrected chi connectivity index (χ4v) is 0.922. The number of nitrogens with two attached hydrogens (primary N) is 2. The number of hydrazine groups is 1. The third kappa shape index (κ3) is 3.49. The summed E-state index contributed by atoms with van der Waals surface area (Å²) in [5, 5.41) is 0.116. The molecule has 0 bridgehead atoms. The molecule has 15 heavy (non-hydrogen) atoms. The van der Waals surface area contributed by atoms with Gasteiger partial charge in [-0.25, -0.2) is 10.8 Å². The SMILES string of the molecule is Fc1nc2ccccc2[nH]1.NNC(N)=S. The first-order chi connectivity index (χ1) is 7.13. The molecule has 1 aromatic heterocycles. The molecule has 0 saturated heterocycles. The topological polar surface area (TPSA) is 92.8 Å². The molecule has 0 aliphatic heterocycles. The Balaban J connectivity index is 0.000000195. The summed E-state index contributed by atoms with van der Waals surface area (Å²) < 4.78 is 12.4. The molecule has 0 fully saturated rings. The van der Waals surface area contributed by atoms with Crippen molar-refractivity contribution < 1.29 is 4.39 Å². The monoisotopic (exact) mass is 227 g/mol. The van der Waals surface area contributed by atoms with Crippen molar-refractivity contribution >= 4 is 28.4 Å². The number of aromatic amines is 1. The maximum atomic E-state index is 12.4. The molecule has 0 spiro atoms. The van der Waals surface area contributed by atoms with E-state index in [1.54, 1.807) is 12.1 Å². The summed E-state index contributed by atoms with van der Waals surface area (Å²) in [6.07, 6.45) is -0.527. The average molecular weight is 227 g/mol. The number of hydrogen-bond donors (Lipinski definition) is 4. The summed E-state index contributed by atoms with van der Waals surface area (Å²) in [5.74, 6) is 4.66. The fourth-order valence-electron chi connectivity index (χ4n) is 0.922. The van der Waals surface area contributed by atoms with Crippen LogP contribution in [-0.4, -0.2) is 15.1 Å². The molecular weight excluding hydrogens is 217 g/mol. The largest absolute Gasteiger partial charge is 0.375 e. The summed E-state index contributed by atoms with van der Waals surface area (Å²) in [7, 11) is 0. The highest BCUT2D eigenvalue weighted by atomic mass is 32.1. The molecule has 0 aliphatic carbocycles. The molecule has 7 heteroatoms. The van der Waals surface area contributed by atoms with Crippen LogP contribution >= 0.6 is 12.2 Å². The zero-order valence-corrected chi connectivity index (χ0v) is 8.51. The van der Waals surface area contributed by atoms with Gasteiger partial charge < -0.3 is 16.1 Å². The van der Waals surface area contributed by atoms with Crippen molar-refractivity contribution in [3.63, 3.8) is 0 Å². The number of hydrogen-bond acceptors (Lipinski definition) is 3. The van der Waals surface area contributed by atoms with Gasteiger partial charge in [0.1, 0.15) is 0 Å². The Labute approximate surface area is 90.6 Å². The first-order valence-corrected chi connectivity index (χ1v) is 4.40. The predicted octanol–water partition coefficient (Wildman–Crippen LogP) is 0.395. The van der Waals surface area contributed by atoms with Crippen molar-refractivity contribution in [3.8, 4) is 0 Å². The van der Waals surface area contributed by atoms with Gasteiger partial charge in [0.25, 0.3) is 6.08 Å². The van der Waals surface area contributed by atoms with E-state index in [0.717, 1.165) is 5.52 Å². The minimum absolute atomic E-state index is 0.116. The average Bonchev–Trinajstić information content (AvgIpc) is 2.58. The minimum Gasteiger partial charge on any atom is -0.375 e. The number of benzene rings is 1. The quantitative estimate of drug-likeness (QED) is 0.297. The Bertz CT molecular complexity index is 422. The van der Waals surface area contributed by atoms with Gasteiger partial charge in [0.2, 0.25) is 0 Å². The molecule has 0 amide bonds. The Kier molecular flexibility index (Phi) is 3.95. The Morgan fingerprint density at radius 2 is 2.07 bits per heavy atom. The minimum atomic E-state index is -0.527. The Morgan fingerprint density at radius 3 is 2.60 bits per heavy atom. The van der Waals surface area contributed by atoms with E-state index in [4.69, 9.17) is 5.73 Å². The van der Waals surface area contributed by atoms with Gasteiger partial charge in [-0.2, -0.15) is 4.39 Å². The normalized spacial score (nSPS) is 9.20. The van der Waals surface area contributed by atoms with E-state index >= 15 is 0 Å². The number of para-hydroxylation sites is 2. The summed E-state index contributed by atoms with van der Waals surface area (Å²) in [4.78, 5) is 6.07. The van der Waals surface area contributed by atoms with Crippen molar-refractivity contribution in [2.75, 3.05) is 0 Å². The molecule has 0 aliphatic rings. The molecule has 0 atom stereocenters. The van der Waals surface area contributed by atoms with E-state index in [2.05, 4.69) is 28.0 Å². The maximum absolute atomic E-state index is 12.4. The van der Waals surface area contributed by atoms with Crippen LogP contribution in [0, 0.1) is 6.08 Å². The summed E-state index contributed by atoms with van der Waals surface area (Å²) in [6, 6.07) is 7.20. The predicted molar refractivity (Wildman–Crippen MR) is 60.2 cm³/mol. The first-order valence-electron chi connectivity index (χ1n) is 4.00. The number of aromatic nitrogens is 2. The van der Waals surface area contributed by atoms with E-state index in [-0.39, 0.29) is 5.11 Å². The highest BCUT2D eigenvalue weighted by molar-refractivity contribution is 7.80. The summed E-state index contributed by atoms with van der Waals surface area (Å²) in [6.45, 7) is 0. The molecule has 80 valence electrons.